The van der Waals surface area contributed by atoms with Crippen molar-refractivity contribution in [1.29, 1.82) is 0 Å². The van der Waals surface area contributed by atoms with Crippen LogP contribution in [0.15, 0.2) is 0 Å². The molecule has 3 saturated heterocycles. The van der Waals surface area contributed by atoms with Crippen LogP contribution in [-0.4, -0.2) is 81.3 Å². The van der Waals surface area contributed by atoms with Gasteiger partial charge in [-0.15, -0.1) is 0 Å². The number of ether oxygens (including phenoxy) is 1. The minimum absolute atomic E-state index is 0.214. The Morgan fingerprint density at radius 2 is 1.70 bits per heavy atom. The summed E-state index contributed by atoms with van der Waals surface area (Å²) in [5.41, 5.74) is 4.07. The van der Waals surface area contributed by atoms with E-state index in [0.717, 1.165) is 0 Å². The summed E-state index contributed by atoms with van der Waals surface area (Å²) < 4.78 is 5.22. The van der Waals surface area contributed by atoms with Gasteiger partial charge in [0.15, 0.2) is 0 Å². The fourth-order valence-electron chi connectivity index (χ4n) is 3.35. The highest BCUT2D eigenvalue weighted by Crippen LogP contribution is 2.28. The molecule has 3 fully saturated rings. The fraction of sp³-hybridized carbons (Fsp3) is 0.750. The number of nitrogens with one attached hydrogen (secondary N) is 2. The topological polar surface area (TPSA) is 132 Å². The molecule has 11 nitrogen and oxygen atoms in total. The van der Waals surface area contributed by atoms with E-state index in [2.05, 4.69) is 10.9 Å². The van der Waals surface area contributed by atoms with Gasteiger partial charge in [-0.3, -0.25) is 25.6 Å². The number of amides is 5. The number of piperidine rings is 1. The molecule has 3 heterocycles. The van der Waals surface area contributed by atoms with E-state index >= 15 is 0 Å². The summed E-state index contributed by atoms with van der Waals surface area (Å²) >= 11 is 0. The molecule has 3 rings (SSSR count). The van der Waals surface area contributed by atoms with Gasteiger partial charge in [0, 0.05) is 19.6 Å². The number of nitrogens with zero attached hydrogens (tertiary/aromatic N) is 3. The van der Waals surface area contributed by atoms with E-state index in [-0.39, 0.29) is 25.7 Å². The third kappa shape index (κ3) is 3.92. The molecule has 0 aromatic rings. The van der Waals surface area contributed by atoms with E-state index in [9.17, 15) is 24.4 Å². The van der Waals surface area contributed by atoms with Crippen molar-refractivity contribution < 1.29 is 29.1 Å². The predicted octanol–water partition coefficient (Wildman–Crippen LogP) is -0.341. The summed E-state index contributed by atoms with van der Waals surface area (Å²) in [7, 11) is 0. The molecule has 3 aliphatic heterocycles. The van der Waals surface area contributed by atoms with Crippen molar-refractivity contribution in [3.8, 4) is 0 Å². The number of carbonyl (C=O) groups is 4. The lowest BCUT2D eigenvalue weighted by Gasteiger charge is -2.38. The summed E-state index contributed by atoms with van der Waals surface area (Å²) in [6, 6.07) is -1.62. The van der Waals surface area contributed by atoms with Crippen LogP contribution in [0, 0.1) is 5.92 Å². The number of urea groups is 1. The summed E-state index contributed by atoms with van der Waals surface area (Å²) in [6.07, 6.45) is 0.442. The number of fused-ring (bicyclic) bond motifs is 2. The van der Waals surface area contributed by atoms with E-state index in [1.54, 1.807) is 20.8 Å². The Morgan fingerprint density at radius 1 is 1.07 bits per heavy atom. The molecule has 2 bridgehead atoms. The Kier molecular flexibility index (Phi) is 4.89. The molecule has 0 aromatic carbocycles. The zero-order chi connectivity index (χ0) is 19.9. The van der Waals surface area contributed by atoms with Gasteiger partial charge in [-0.2, -0.15) is 0 Å². The molecule has 3 N–H and O–H groups in total. The van der Waals surface area contributed by atoms with Crippen LogP contribution in [0.4, 0.5) is 9.59 Å². The van der Waals surface area contributed by atoms with E-state index in [4.69, 9.17) is 4.74 Å². The van der Waals surface area contributed by atoms with E-state index in [0.29, 0.717) is 17.9 Å². The molecule has 3 aliphatic rings. The molecule has 27 heavy (non-hydrogen) atoms. The van der Waals surface area contributed by atoms with Gasteiger partial charge in [0.2, 0.25) is 5.91 Å². The molecule has 0 radical (unpaired) electrons. The van der Waals surface area contributed by atoms with Crippen molar-refractivity contribution in [3.63, 3.8) is 0 Å². The molecule has 0 aromatic heterocycles. The molecule has 11 heteroatoms. The average molecular weight is 383 g/mol. The molecule has 0 aliphatic carbocycles. The van der Waals surface area contributed by atoms with Gasteiger partial charge in [-0.25, -0.2) is 14.7 Å². The van der Waals surface area contributed by atoms with Gasteiger partial charge in [0.05, 0.1) is 12.0 Å². The molecule has 0 saturated carbocycles. The fourth-order valence-corrected chi connectivity index (χ4v) is 3.35. The van der Waals surface area contributed by atoms with Crippen LogP contribution in [0.1, 0.15) is 33.6 Å². The van der Waals surface area contributed by atoms with Crippen LogP contribution in [0.3, 0.4) is 0 Å². The van der Waals surface area contributed by atoms with Crippen molar-refractivity contribution in [1.82, 2.24) is 25.7 Å². The zero-order valence-electron chi connectivity index (χ0n) is 15.6. The monoisotopic (exact) mass is 383 g/mol. The van der Waals surface area contributed by atoms with Gasteiger partial charge >= 0.3 is 12.1 Å². The minimum atomic E-state index is -0.731. The first kappa shape index (κ1) is 19.2. The van der Waals surface area contributed by atoms with Crippen molar-refractivity contribution in [2.75, 3.05) is 19.6 Å². The quantitative estimate of drug-likeness (QED) is 0.442. The average Bonchev–Trinajstić information content (AvgIpc) is 2.74. The first-order chi connectivity index (χ1) is 12.6. The molecule has 5 amide bonds. The highest BCUT2D eigenvalue weighted by atomic mass is 16.6. The third-order valence-corrected chi connectivity index (χ3v) is 4.86. The van der Waals surface area contributed by atoms with Gasteiger partial charge < -0.3 is 14.5 Å². The third-order valence-electron chi connectivity index (χ3n) is 4.86. The van der Waals surface area contributed by atoms with Crippen molar-refractivity contribution >= 4 is 23.9 Å². The highest BCUT2D eigenvalue weighted by Gasteiger charge is 2.47. The number of rotatable bonds is 2. The summed E-state index contributed by atoms with van der Waals surface area (Å²) in [5, 5.41) is 10.3. The van der Waals surface area contributed by atoms with Gasteiger partial charge in [0.25, 0.3) is 5.91 Å². The maximum absolute atomic E-state index is 12.3. The highest BCUT2D eigenvalue weighted by molar-refractivity contribution is 5.90. The Balaban J connectivity index is 1.42. The lowest BCUT2D eigenvalue weighted by Crippen LogP contribution is -2.60. The number of likely N-dealkylation sites (tertiary alicyclic amines) is 1. The Bertz CT molecular complexity index is 656. The molecule has 150 valence electrons. The molecular weight excluding hydrogens is 358 g/mol. The second-order valence-corrected chi connectivity index (χ2v) is 8.09. The largest absolute Gasteiger partial charge is 0.444 e. The lowest BCUT2D eigenvalue weighted by molar-refractivity contribution is -0.136. The second kappa shape index (κ2) is 6.87. The first-order valence-electron chi connectivity index (χ1n) is 8.93. The molecule has 2 atom stereocenters. The van der Waals surface area contributed by atoms with Crippen LogP contribution in [-0.2, 0) is 14.3 Å². The van der Waals surface area contributed by atoms with Crippen molar-refractivity contribution in [2.24, 2.45) is 5.92 Å². The number of hydrogen-bond donors (Lipinski definition) is 3. The first-order valence-corrected chi connectivity index (χ1v) is 8.93. The van der Waals surface area contributed by atoms with Crippen LogP contribution in [0.25, 0.3) is 0 Å². The summed E-state index contributed by atoms with van der Waals surface area (Å²) in [4.78, 5) is 50.9. The molecular formula is C16H25N5O6. The van der Waals surface area contributed by atoms with Gasteiger partial charge in [-0.1, -0.05) is 0 Å². The van der Waals surface area contributed by atoms with Gasteiger partial charge in [-0.05, 0) is 33.6 Å². The Morgan fingerprint density at radius 3 is 2.33 bits per heavy atom. The summed E-state index contributed by atoms with van der Waals surface area (Å²) in [6.45, 7) is 6.00. The summed E-state index contributed by atoms with van der Waals surface area (Å²) in [5.74, 6) is -1.35. The van der Waals surface area contributed by atoms with Crippen LogP contribution < -0.4 is 10.9 Å². The molecule has 0 spiro atoms. The smallest absolute Gasteiger partial charge is 0.410 e. The standard InChI is InChI=1S/C16H25N5O6/c1-16(2,3)27-15(25)19-6-9(7-19)12(22)17-18-13(23)11-5-4-10-8-20(11)14(24)21(10)26/h9-11,26H,4-8H2,1-3H3,(H,17,22)(H,18,23)/t10-,11-/m0/s1. The SMILES string of the molecule is CC(C)(C)OC(=O)N1CC(C(=O)NNC(=O)[C@@H]2CC[C@H]3CN2C(=O)N3O)C1. The van der Waals surface area contributed by atoms with E-state index in [1.807, 2.05) is 0 Å². The normalized spacial score (nSPS) is 25.2. The second-order valence-electron chi connectivity index (χ2n) is 8.09. The predicted molar refractivity (Wildman–Crippen MR) is 90.1 cm³/mol. The Hall–Kier alpha value is -2.56. The maximum atomic E-state index is 12.3. The zero-order valence-corrected chi connectivity index (χ0v) is 15.6. The number of hydrogen-bond acceptors (Lipinski definition) is 6. The number of hydrazine groups is 1. The Labute approximate surface area is 156 Å². The number of carbonyl (C=O) groups excluding carboxylic acids is 4. The minimum Gasteiger partial charge on any atom is -0.444 e. The maximum Gasteiger partial charge on any atom is 0.410 e. The van der Waals surface area contributed by atoms with Crippen LogP contribution in [0.5, 0.6) is 0 Å². The lowest BCUT2D eigenvalue weighted by atomic mass is 10.00. The van der Waals surface area contributed by atoms with Crippen molar-refractivity contribution in [2.45, 2.75) is 51.3 Å². The van der Waals surface area contributed by atoms with Crippen LogP contribution in [0.2, 0.25) is 0 Å². The van der Waals surface area contributed by atoms with Crippen LogP contribution >= 0.6 is 0 Å². The van der Waals surface area contributed by atoms with Crippen molar-refractivity contribution in [3.05, 3.63) is 0 Å². The number of hydroxylamine groups is 2. The van der Waals surface area contributed by atoms with Gasteiger partial charge in [0.1, 0.15) is 11.6 Å². The molecule has 0 unspecified atom stereocenters. The van der Waals surface area contributed by atoms with E-state index < -0.39 is 41.5 Å². The van der Waals surface area contributed by atoms with E-state index in [1.165, 1.54) is 9.80 Å².